The number of sulfonamides is 1. The van der Waals surface area contributed by atoms with Crippen molar-refractivity contribution >= 4 is 55.8 Å². The Morgan fingerprint density at radius 1 is 0.837 bits per heavy atom. The molecule has 7 nitrogen and oxygen atoms in total. The quantitative estimate of drug-likeness (QED) is 0.196. The van der Waals surface area contributed by atoms with Gasteiger partial charge in [-0.25, -0.2) is 8.42 Å². The summed E-state index contributed by atoms with van der Waals surface area (Å²) in [6, 6.07) is 25.7. The van der Waals surface area contributed by atoms with Crippen LogP contribution >= 0.6 is 23.2 Å². The Morgan fingerprint density at radius 2 is 1.51 bits per heavy atom. The van der Waals surface area contributed by atoms with Crippen molar-refractivity contribution in [2.24, 2.45) is 0 Å². The van der Waals surface area contributed by atoms with Crippen molar-refractivity contribution in [1.29, 1.82) is 0 Å². The number of likely N-dealkylation sites (N-methyl/N-ethyl adjacent to an activating group) is 1. The Kier molecular flexibility index (Phi) is 10.8. The van der Waals surface area contributed by atoms with Gasteiger partial charge < -0.3 is 10.2 Å². The van der Waals surface area contributed by atoms with Gasteiger partial charge in [0.2, 0.25) is 21.8 Å². The van der Waals surface area contributed by atoms with E-state index >= 15 is 0 Å². The lowest BCUT2D eigenvalue weighted by Crippen LogP contribution is -2.54. The summed E-state index contributed by atoms with van der Waals surface area (Å²) in [5.74, 6) is -0.857. The van der Waals surface area contributed by atoms with Crippen LogP contribution < -0.4 is 5.32 Å². The van der Waals surface area contributed by atoms with Crippen molar-refractivity contribution in [3.63, 3.8) is 0 Å². The molecule has 10 heteroatoms. The maximum Gasteiger partial charge on any atom is 0.243 e. The fourth-order valence-electron chi connectivity index (χ4n) is 4.70. The molecule has 0 heterocycles. The molecule has 4 aromatic carbocycles. The first-order valence-corrected chi connectivity index (χ1v) is 16.2. The Balaban J connectivity index is 1.69. The normalized spacial score (nSPS) is 13.1. The number of fused-ring (bicyclic) bond motifs is 1. The lowest BCUT2D eigenvalue weighted by molar-refractivity contribution is -0.141. The van der Waals surface area contributed by atoms with E-state index in [1.807, 2.05) is 68.4 Å². The highest BCUT2D eigenvalue weighted by atomic mass is 35.5. The zero-order valence-corrected chi connectivity index (χ0v) is 26.7. The number of amides is 2. The number of halogens is 2. The molecule has 2 amide bonds. The van der Waals surface area contributed by atoms with Gasteiger partial charge in [0.1, 0.15) is 6.04 Å². The first kappa shape index (κ1) is 32.5. The zero-order chi connectivity index (χ0) is 31.1. The van der Waals surface area contributed by atoms with E-state index in [1.54, 1.807) is 30.3 Å². The van der Waals surface area contributed by atoms with E-state index in [9.17, 15) is 18.0 Å². The molecule has 4 aromatic rings. The fourth-order valence-corrected chi connectivity index (χ4v) is 6.18. The lowest BCUT2D eigenvalue weighted by Gasteiger charge is -2.33. The standard InChI is InChI=1S/C33H35Cl2N3O4S/c1-4-23(2)36-33(40)31(19-24-10-6-5-7-11-24)38(21-25-14-17-29(34)30(35)18-25)32(39)22-37(3)43(41,42)28-16-15-26-12-8-9-13-27(26)20-28/h5-18,20,23,31H,4,19,21-22H2,1-3H3,(H,36,40)/t23-,31+/m0/s1. The van der Waals surface area contributed by atoms with Crippen molar-refractivity contribution in [1.82, 2.24) is 14.5 Å². The third kappa shape index (κ3) is 8.15. The highest BCUT2D eigenvalue weighted by Gasteiger charge is 2.33. The first-order valence-electron chi connectivity index (χ1n) is 14.0. The van der Waals surface area contributed by atoms with Crippen LogP contribution in [0.15, 0.2) is 95.9 Å². The van der Waals surface area contributed by atoms with Gasteiger partial charge in [-0.05, 0) is 59.5 Å². The molecule has 0 aliphatic heterocycles. The van der Waals surface area contributed by atoms with Gasteiger partial charge in [-0.15, -0.1) is 0 Å². The van der Waals surface area contributed by atoms with E-state index in [-0.39, 0.29) is 29.8 Å². The molecular formula is C33H35Cl2N3O4S. The van der Waals surface area contributed by atoms with E-state index in [0.29, 0.717) is 22.0 Å². The highest BCUT2D eigenvalue weighted by Crippen LogP contribution is 2.25. The Morgan fingerprint density at radius 3 is 2.19 bits per heavy atom. The van der Waals surface area contributed by atoms with Crippen LogP contribution in [0.2, 0.25) is 10.0 Å². The Bertz CT molecular complexity index is 1700. The van der Waals surface area contributed by atoms with Gasteiger partial charge >= 0.3 is 0 Å². The van der Waals surface area contributed by atoms with Crippen LogP contribution in [-0.2, 0) is 32.6 Å². The van der Waals surface area contributed by atoms with Crippen molar-refractivity contribution < 1.29 is 18.0 Å². The van der Waals surface area contributed by atoms with Gasteiger partial charge in [-0.3, -0.25) is 9.59 Å². The summed E-state index contributed by atoms with van der Waals surface area (Å²) in [5, 5.41) is 5.36. The zero-order valence-electron chi connectivity index (χ0n) is 24.3. The average Bonchev–Trinajstić information content (AvgIpc) is 3.00. The number of hydrogen-bond donors (Lipinski definition) is 1. The third-order valence-electron chi connectivity index (χ3n) is 7.40. The molecule has 43 heavy (non-hydrogen) atoms. The number of benzene rings is 4. The summed E-state index contributed by atoms with van der Waals surface area (Å²) in [5.41, 5.74) is 1.51. The molecule has 1 N–H and O–H groups in total. The summed E-state index contributed by atoms with van der Waals surface area (Å²) in [4.78, 5) is 29.3. The van der Waals surface area contributed by atoms with Crippen LogP contribution in [0.4, 0.5) is 0 Å². The number of carbonyl (C=O) groups excluding carboxylic acids is 2. The van der Waals surface area contributed by atoms with Crippen molar-refractivity contribution in [3.05, 3.63) is 112 Å². The molecule has 0 bridgehead atoms. The van der Waals surface area contributed by atoms with Gasteiger partial charge in [0.25, 0.3) is 0 Å². The minimum atomic E-state index is -4.03. The minimum absolute atomic E-state index is 0.0189. The predicted molar refractivity (Wildman–Crippen MR) is 173 cm³/mol. The predicted octanol–water partition coefficient (Wildman–Crippen LogP) is 6.32. The lowest BCUT2D eigenvalue weighted by atomic mass is 10.0. The SMILES string of the molecule is CC[C@H](C)NC(=O)[C@@H](Cc1ccccc1)N(Cc1ccc(Cl)c(Cl)c1)C(=O)CN(C)S(=O)(=O)c1ccc2ccccc2c1. The third-order valence-corrected chi connectivity index (χ3v) is 9.93. The maximum absolute atomic E-state index is 14.1. The summed E-state index contributed by atoms with van der Waals surface area (Å²) < 4.78 is 28.2. The topological polar surface area (TPSA) is 86.8 Å². The highest BCUT2D eigenvalue weighted by molar-refractivity contribution is 7.89. The molecule has 0 aliphatic carbocycles. The molecular weight excluding hydrogens is 605 g/mol. The summed E-state index contributed by atoms with van der Waals surface area (Å²) in [7, 11) is -2.66. The summed E-state index contributed by atoms with van der Waals surface area (Å²) in [6.07, 6.45) is 0.939. The number of carbonyl (C=O) groups is 2. The smallest absolute Gasteiger partial charge is 0.243 e. The largest absolute Gasteiger partial charge is 0.352 e. The van der Waals surface area contributed by atoms with Crippen LogP contribution in [0, 0.1) is 0 Å². The van der Waals surface area contributed by atoms with Crippen LogP contribution in [-0.4, -0.2) is 55.1 Å². The number of nitrogens with one attached hydrogen (secondary N) is 1. The van der Waals surface area contributed by atoms with Gasteiger partial charge in [-0.2, -0.15) is 4.31 Å². The summed E-state index contributed by atoms with van der Waals surface area (Å²) in [6.45, 7) is 3.40. The molecule has 0 unspecified atom stereocenters. The Hall–Kier alpha value is -3.43. The second kappa shape index (κ2) is 14.4. The van der Waals surface area contributed by atoms with E-state index in [2.05, 4.69) is 5.32 Å². The molecule has 226 valence electrons. The minimum Gasteiger partial charge on any atom is -0.352 e. The second-order valence-corrected chi connectivity index (χ2v) is 13.4. The second-order valence-electron chi connectivity index (χ2n) is 10.6. The number of hydrogen-bond acceptors (Lipinski definition) is 4. The molecule has 4 rings (SSSR count). The first-order chi connectivity index (χ1) is 20.5. The van der Waals surface area contributed by atoms with Crippen molar-refractivity contribution in [2.45, 2.75) is 50.2 Å². The van der Waals surface area contributed by atoms with Crippen LogP contribution in [0.5, 0.6) is 0 Å². The average molecular weight is 641 g/mol. The van der Waals surface area contributed by atoms with Crippen LogP contribution in [0.1, 0.15) is 31.4 Å². The molecule has 0 aromatic heterocycles. The maximum atomic E-state index is 14.1. The number of nitrogens with zero attached hydrogens (tertiary/aromatic N) is 2. The van der Waals surface area contributed by atoms with Crippen molar-refractivity contribution in [3.8, 4) is 0 Å². The van der Waals surface area contributed by atoms with Crippen LogP contribution in [0.3, 0.4) is 0 Å². The van der Waals surface area contributed by atoms with E-state index in [1.165, 1.54) is 18.0 Å². The molecule has 2 atom stereocenters. The molecule has 0 saturated carbocycles. The van der Waals surface area contributed by atoms with E-state index < -0.39 is 28.5 Å². The molecule has 0 radical (unpaired) electrons. The van der Waals surface area contributed by atoms with Gasteiger partial charge in [0.15, 0.2) is 0 Å². The molecule has 0 spiro atoms. The molecule has 0 aliphatic rings. The van der Waals surface area contributed by atoms with Gasteiger partial charge in [0.05, 0.1) is 21.5 Å². The van der Waals surface area contributed by atoms with E-state index in [4.69, 9.17) is 23.2 Å². The fraction of sp³-hybridized carbons (Fsp3) is 0.273. The molecule has 0 saturated heterocycles. The number of rotatable bonds is 12. The monoisotopic (exact) mass is 639 g/mol. The van der Waals surface area contributed by atoms with E-state index in [0.717, 1.165) is 20.6 Å². The van der Waals surface area contributed by atoms with Gasteiger partial charge in [0, 0.05) is 26.1 Å². The molecule has 0 fully saturated rings. The summed E-state index contributed by atoms with van der Waals surface area (Å²) >= 11 is 12.4. The van der Waals surface area contributed by atoms with Crippen LogP contribution in [0.25, 0.3) is 10.8 Å². The Labute approximate surface area is 263 Å². The van der Waals surface area contributed by atoms with Crippen molar-refractivity contribution in [2.75, 3.05) is 13.6 Å². The van der Waals surface area contributed by atoms with Gasteiger partial charge in [-0.1, -0.05) is 96.9 Å².